The number of nitrogens with zero attached hydrogens (tertiary/aromatic N) is 4. The van der Waals surface area contributed by atoms with Crippen LogP contribution in [-0.4, -0.2) is 82.7 Å². The summed E-state index contributed by atoms with van der Waals surface area (Å²) in [5, 5.41) is 31.4. The molecule has 0 aliphatic heterocycles. The van der Waals surface area contributed by atoms with Crippen LogP contribution < -0.4 is 5.32 Å². The summed E-state index contributed by atoms with van der Waals surface area (Å²) in [4.78, 5) is 37.9. The van der Waals surface area contributed by atoms with Crippen LogP contribution in [0.15, 0.2) is 16.8 Å². The highest BCUT2D eigenvalue weighted by molar-refractivity contribution is 5.93. The fourth-order valence-electron chi connectivity index (χ4n) is 7.41. The van der Waals surface area contributed by atoms with Crippen LogP contribution in [0, 0.1) is 10.1 Å². The van der Waals surface area contributed by atoms with Crippen LogP contribution in [0.2, 0.25) is 0 Å². The summed E-state index contributed by atoms with van der Waals surface area (Å²) in [6.45, 7) is 8.37. The summed E-state index contributed by atoms with van der Waals surface area (Å²) >= 11 is 0. The number of ether oxygens (including phenoxy) is 2. The van der Waals surface area contributed by atoms with E-state index in [1.807, 2.05) is 0 Å². The van der Waals surface area contributed by atoms with Crippen molar-refractivity contribution in [3.05, 3.63) is 22.2 Å². The van der Waals surface area contributed by atoms with Crippen LogP contribution in [0.3, 0.4) is 0 Å². The van der Waals surface area contributed by atoms with E-state index in [9.17, 15) is 24.8 Å². The molecule has 0 unspecified atom stereocenters. The highest BCUT2D eigenvalue weighted by atomic mass is 16.6. The Bertz CT molecular complexity index is 1330. The number of fused-ring (bicyclic) bond motifs is 1. The number of nitro benzene ring substituents is 1. The number of aliphatic hydroxyl groups is 1. The zero-order valence-electron chi connectivity index (χ0n) is 36.4. The van der Waals surface area contributed by atoms with Gasteiger partial charge < -0.3 is 24.8 Å². The Labute approximate surface area is 349 Å². The molecule has 0 aliphatic carbocycles. The Morgan fingerprint density at radius 1 is 0.707 bits per heavy atom. The standard InChI is InChI=1S/C45H79N5O8/c1-3-5-7-9-12-19-27-39(28-20-13-10-8-6-4-2)57-43(53)30-21-14-11-15-24-34-49(36-37-51)35-25-16-17-26-38-56-42(52)29-22-18-23-33-46-40-31-32-41(50(54)55)45-44(40)47-58-48-45/h31-32,39,46,51H,3-30,33-38H2,1-2H3. The fraction of sp³-hybridized carbons (Fsp3) is 0.822. The Morgan fingerprint density at radius 3 is 1.86 bits per heavy atom. The van der Waals surface area contributed by atoms with Crippen molar-refractivity contribution in [3.63, 3.8) is 0 Å². The van der Waals surface area contributed by atoms with Gasteiger partial charge in [-0.15, -0.1) is 0 Å². The lowest BCUT2D eigenvalue weighted by Gasteiger charge is -2.21. The van der Waals surface area contributed by atoms with Crippen molar-refractivity contribution in [1.82, 2.24) is 15.2 Å². The largest absolute Gasteiger partial charge is 0.466 e. The number of anilines is 1. The van der Waals surface area contributed by atoms with Gasteiger partial charge in [0.05, 0.1) is 23.8 Å². The molecule has 1 aromatic heterocycles. The van der Waals surface area contributed by atoms with Gasteiger partial charge in [-0.1, -0.05) is 117 Å². The van der Waals surface area contributed by atoms with Gasteiger partial charge in [-0.05, 0) is 93.7 Å². The van der Waals surface area contributed by atoms with Gasteiger partial charge in [0, 0.05) is 32.0 Å². The maximum absolute atomic E-state index is 12.7. The van der Waals surface area contributed by atoms with Crippen molar-refractivity contribution in [1.29, 1.82) is 0 Å². The van der Waals surface area contributed by atoms with E-state index in [2.05, 4.69) is 34.4 Å². The highest BCUT2D eigenvalue weighted by Crippen LogP contribution is 2.28. The highest BCUT2D eigenvalue weighted by Gasteiger charge is 2.19. The van der Waals surface area contributed by atoms with Crippen molar-refractivity contribution in [2.24, 2.45) is 0 Å². The third-order valence-electron chi connectivity index (χ3n) is 10.9. The van der Waals surface area contributed by atoms with Gasteiger partial charge in [-0.25, -0.2) is 4.63 Å². The van der Waals surface area contributed by atoms with E-state index in [-0.39, 0.29) is 35.9 Å². The number of nitro groups is 1. The van der Waals surface area contributed by atoms with E-state index in [1.165, 1.54) is 70.3 Å². The molecule has 0 atom stereocenters. The minimum absolute atomic E-state index is 0.0106. The first-order valence-electron chi connectivity index (χ1n) is 23.2. The Kier molecular flexibility index (Phi) is 30.3. The summed E-state index contributed by atoms with van der Waals surface area (Å²) in [5.74, 6) is -0.178. The van der Waals surface area contributed by atoms with Gasteiger partial charge in [0.25, 0.3) is 0 Å². The average Bonchev–Trinajstić information content (AvgIpc) is 3.71. The van der Waals surface area contributed by atoms with Gasteiger partial charge in [-0.3, -0.25) is 19.7 Å². The van der Waals surface area contributed by atoms with E-state index in [1.54, 1.807) is 6.07 Å². The lowest BCUT2D eigenvalue weighted by molar-refractivity contribution is -0.383. The van der Waals surface area contributed by atoms with E-state index in [4.69, 9.17) is 14.1 Å². The number of hydrogen-bond acceptors (Lipinski definition) is 12. The number of nitrogens with one attached hydrogen (secondary N) is 1. The molecule has 1 aromatic carbocycles. The zero-order chi connectivity index (χ0) is 41.9. The average molecular weight is 818 g/mol. The summed E-state index contributed by atoms with van der Waals surface area (Å²) in [6.07, 6.45) is 29.9. The monoisotopic (exact) mass is 818 g/mol. The second kappa shape index (κ2) is 34.5. The van der Waals surface area contributed by atoms with E-state index < -0.39 is 4.92 Å². The number of carbonyl (C=O) groups excluding carboxylic acids is 2. The maximum atomic E-state index is 12.7. The molecule has 2 N–H and O–H groups in total. The molecular weight excluding hydrogens is 739 g/mol. The SMILES string of the molecule is CCCCCCCCC(CCCCCCCC)OC(=O)CCCCCCCN(CCO)CCCCCCOC(=O)CCCCCNc1ccc([N+](=O)[O-])c2nonc12. The van der Waals surface area contributed by atoms with Gasteiger partial charge in [0.15, 0.2) is 5.52 Å². The van der Waals surface area contributed by atoms with Crippen LogP contribution in [0.4, 0.5) is 11.4 Å². The summed E-state index contributed by atoms with van der Waals surface area (Å²) < 4.78 is 16.1. The molecule has 2 rings (SSSR count). The molecule has 0 spiro atoms. The predicted octanol–water partition coefficient (Wildman–Crippen LogP) is 11.3. The number of unbranched alkanes of at least 4 members (excludes halogenated alkanes) is 19. The molecule has 0 saturated heterocycles. The topological polar surface area (TPSA) is 170 Å². The molecule has 0 fully saturated rings. The fourth-order valence-corrected chi connectivity index (χ4v) is 7.41. The summed E-state index contributed by atoms with van der Waals surface area (Å²) in [6, 6.07) is 2.98. The lowest BCUT2D eigenvalue weighted by Crippen LogP contribution is -2.29. The van der Waals surface area contributed by atoms with Crippen LogP contribution in [-0.2, 0) is 19.1 Å². The van der Waals surface area contributed by atoms with Crippen molar-refractivity contribution in [2.45, 2.75) is 200 Å². The van der Waals surface area contributed by atoms with E-state index in [0.29, 0.717) is 43.7 Å². The number of esters is 2. The molecule has 0 saturated carbocycles. The molecule has 1 heterocycles. The minimum atomic E-state index is -0.513. The number of benzene rings is 1. The number of carbonyl (C=O) groups is 2. The molecule has 13 heteroatoms. The quantitative estimate of drug-likeness (QED) is 0.0283. The van der Waals surface area contributed by atoms with Crippen molar-refractivity contribution in [3.8, 4) is 0 Å². The molecule has 13 nitrogen and oxygen atoms in total. The van der Waals surface area contributed by atoms with Crippen LogP contribution in [0.1, 0.15) is 194 Å². The Balaban J connectivity index is 1.46. The molecule has 0 amide bonds. The van der Waals surface area contributed by atoms with Crippen LogP contribution in [0.5, 0.6) is 0 Å². The number of hydrogen-bond donors (Lipinski definition) is 2. The number of non-ortho nitro benzene ring substituents is 1. The molecular formula is C45H79N5O8. The van der Waals surface area contributed by atoms with Gasteiger partial charge in [0.1, 0.15) is 6.10 Å². The first-order valence-corrected chi connectivity index (χ1v) is 23.2. The Hall–Kier alpha value is -3.32. The number of rotatable bonds is 40. The summed E-state index contributed by atoms with van der Waals surface area (Å²) in [5.41, 5.74) is 0.926. The minimum Gasteiger partial charge on any atom is -0.466 e. The third kappa shape index (κ3) is 24.6. The second-order valence-corrected chi connectivity index (χ2v) is 16.0. The molecule has 2 aromatic rings. The lowest BCUT2D eigenvalue weighted by atomic mass is 10.0. The van der Waals surface area contributed by atoms with Gasteiger partial charge in [-0.2, -0.15) is 0 Å². The van der Waals surface area contributed by atoms with Crippen molar-refractivity contribution >= 4 is 34.3 Å². The first-order chi connectivity index (χ1) is 28.4. The van der Waals surface area contributed by atoms with E-state index >= 15 is 0 Å². The summed E-state index contributed by atoms with van der Waals surface area (Å²) in [7, 11) is 0. The first kappa shape index (κ1) is 50.8. The Morgan fingerprint density at radius 2 is 1.24 bits per heavy atom. The van der Waals surface area contributed by atoms with Gasteiger partial charge >= 0.3 is 17.6 Å². The third-order valence-corrected chi connectivity index (χ3v) is 10.9. The zero-order valence-corrected chi connectivity index (χ0v) is 36.4. The molecule has 0 radical (unpaired) electrons. The molecule has 58 heavy (non-hydrogen) atoms. The number of aliphatic hydroxyl groups excluding tert-OH is 1. The molecule has 0 aliphatic rings. The van der Waals surface area contributed by atoms with Crippen molar-refractivity contribution < 1.29 is 33.7 Å². The van der Waals surface area contributed by atoms with Crippen LogP contribution in [0.25, 0.3) is 11.0 Å². The van der Waals surface area contributed by atoms with Crippen molar-refractivity contribution in [2.75, 3.05) is 44.7 Å². The number of aromatic nitrogens is 2. The van der Waals surface area contributed by atoms with Crippen LogP contribution >= 0.6 is 0 Å². The normalized spacial score (nSPS) is 11.5. The molecule has 0 bridgehead atoms. The smallest absolute Gasteiger partial charge is 0.306 e. The second-order valence-electron chi connectivity index (χ2n) is 16.0. The predicted molar refractivity (Wildman–Crippen MR) is 232 cm³/mol. The van der Waals surface area contributed by atoms with E-state index in [0.717, 1.165) is 116 Å². The molecule has 332 valence electrons. The van der Waals surface area contributed by atoms with Gasteiger partial charge in [0.2, 0.25) is 5.52 Å². The maximum Gasteiger partial charge on any atom is 0.306 e.